The van der Waals surface area contributed by atoms with Gasteiger partial charge in [0.05, 0.1) is 12.7 Å². The van der Waals surface area contributed by atoms with E-state index in [4.69, 9.17) is 4.74 Å². The van der Waals surface area contributed by atoms with Crippen LogP contribution in [-0.4, -0.2) is 12.7 Å². The van der Waals surface area contributed by atoms with Gasteiger partial charge >= 0.3 is 0 Å². The quantitative estimate of drug-likeness (QED) is 0.562. The molecule has 0 aromatic rings. The van der Waals surface area contributed by atoms with Crippen LogP contribution in [0, 0.1) is 0 Å². The predicted octanol–water partition coefficient (Wildman–Crippen LogP) is 5.05. The molecule has 17 heavy (non-hydrogen) atoms. The van der Waals surface area contributed by atoms with Crippen LogP contribution < -0.4 is 0 Å². The van der Waals surface area contributed by atoms with Crippen LogP contribution >= 0.6 is 0 Å². The van der Waals surface area contributed by atoms with E-state index in [1.165, 1.54) is 16.7 Å². The third-order valence-electron chi connectivity index (χ3n) is 2.32. The Kier molecular flexibility index (Phi) is 8.79. The van der Waals surface area contributed by atoms with E-state index in [1.54, 1.807) is 0 Å². The lowest BCUT2D eigenvalue weighted by Crippen LogP contribution is -2.10. The summed E-state index contributed by atoms with van der Waals surface area (Å²) < 4.78 is 5.86. The first-order chi connectivity index (χ1) is 7.91. The summed E-state index contributed by atoms with van der Waals surface area (Å²) in [5.41, 5.74) is 4.01. The zero-order valence-electron chi connectivity index (χ0n) is 12.3. The van der Waals surface area contributed by atoms with Crippen LogP contribution in [0.2, 0.25) is 0 Å². The lowest BCUT2D eigenvalue weighted by Gasteiger charge is -2.13. The van der Waals surface area contributed by atoms with Gasteiger partial charge in [-0.3, -0.25) is 0 Å². The molecule has 0 amide bonds. The molecule has 0 fully saturated rings. The highest BCUT2D eigenvalue weighted by atomic mass is 16.5. The maximum Gasteiger partial charge on any atom is 0.0765 e. The Morgan fingerprint density at radius 1 is 0.882 bits per heavy atom. The van der Waals surface area contributed by atoms with E-state index in [9.17, 15) is 0 Å². The van der Waals surface area contributed by atoms with Crippen molar-refractivity contribution in [3.63, 3.8) is 0 Å². The third kappa shape index (κ3) is 11.4. The van der Waals surface area contributed by atoms with Gasteiger partial charge in [-0.15, -0.1) is 0 Å². The number of rotatable bonds is 7. The monoisotopic (exact) mass is 236 g/mol. The van der Waals surface area contributed by atoms with E-state index in [1.807, 2.05) is 0 Å². The molecule has 1 unspecified atom stereocenters. The van der Waals surface area contributed by atoms with Crippen LogP contribution in [0.15, 0.2) is 34.9 Å². The zero-order chi connectivity index (χ0) is 13.3. The van der Waals surface area contributed by atoms with Crippen LogP contribution in [0.1, 0.15) is 54.4 Å². The normalized spacial score (nSPS) is 11.6. The molecule has 98 valence electrons. The fourth-order valence-corrected chi connectivity index (χ4v) is 1.46. The largest absolute Gasteiger partial charge is 0.370 e. The molecule has 0 aromatic heterocycles. The van der Waals surface area contributed by atoms with E-state index < -0.39 is 0 Å². The van der Waals surface area contributed by atoms with Crippen LogP contribution in [0.3, 0.4) is 0 Å². The summed E-state index contributed by atoms with van der Waals surface area (Å²) in [4.78, 5) is 0. The molecule has 0 rings (SSSR count). The Morgan fingerprint density at radius 3 is 1.94 bits per heavy atom. The first kappa shape index (κ1) is 16.2. The summed E-state index contributed by atoms with van der Waals surface area (Å²) in [5.74, 6) is 0. The minimum Gasteiger partial charge on any atom is -0.370 e. The van der Waals surface area contributed by atoms with Gasteiger partial charge in [-0.05, 0) is 54.4 Å². The van der Waals surface area contributed by atoms with Crippen LogP contribution in [0.4, 0.5) is 0 Å². The number of ether oxygens (including phenoxy) is 1. The summed E-state index contributed by atoms with van der Waals surface area (Å²) in [5, 5.41) is 0. The van der Waals surface area contributed by atoms with E-state index in [0.29, 0.717) is 6.61 Å². The maximum atomic E-state index is 5.86. The highest BCUT2D eigenvalue weighted by molar-refractivity contribution is 5.01. The Morgan fingerprint density at radius 2 is 1.47 bits per heavy atom. The first-order valence-corrected chi connectivity index (χ1v) is 6.45. The smallest absolute Gasteiger partial charge is 0.0765 e. The van der Waals surface area contributed by atoms with E-state index in [2.05, 4.69) is 59.8 Å². The molecule has 0 aliphatic rings. The van der Waals surface area contributed by atoms with Crippen LogP contribution in [0.5, 0.6) is 0 Å². The van der Waals surface area contributed by atoms with Crippen molar-refractivity contribution in [2.24, 2.45) is 0 Å². The van der Waals surface area contributed by atoms with E-state index in [-0.39, 0.29) is 6.10 Å². The van der Waals surface area contributed by atoms with E-state index in [0.717, 1.165) is 12.8 Å². The first-order valence-electron chi connectivity index (χ1n) is 6.45. The molecular formula is C16H28O. The second-order valence-electron chi connectivity index (χ2n) is 5.26. The molecule has 0 spiro atoms. The summed E-state index contributed by atoms with van der Waals surface area (Å²) in [7, 11) is 0. The lowest BCUT2D eigenvalue weighted by atomic mass is 10.1. The number of hydrogen-bond donors (Lipinski definition) is 0. The standard InChI is InChI=1S/C16H28O/c1-13(2)8-7-9-16(12-15(5)6)17-11-10-14(3)4/h8,10,12,16H,7,9,11H2,1-6H3. The second kappa shape index (κ2) is 9.23. The molecule has 0 heterocycles. The Balaban J connectivity index is 4.20. The predicted molar refractivity (Wildman–Crippen MR) is 77.3 cm³/mol. The van der Waals surface area contributed by atoms with Gasteiger partial charge in [0.2, 0.25) is 0 Å². The minimum absolute atomic E-state index is 0.242. The van der Waals surface area contributed by atoms with Gasteiger partial charge in [-0.1, -0.05) is 34.9 Å². The van der Waals surface area contributed by atoms with Crippen LogP contribution in [-0.2, 0) is 4.74 Å². The van der Waals surface area contributed by atoms with Gasteiger partial charge in [-0.25, -0.2) is 0 Å². The molecule has 1 nitrogen and oxygen atoms in total. The van der Waals surface area contributed by atoms with Gasteiger partial charge in [0.15, 0.2) is 0 Å². The molecule has 0 saturated heterocycles. The molecule has 0 aromatic carbocycles. The van der Waals surface area contributed by atoms with Crippen molar-refractivity contribution in [2.45, 2.75) is 60.5 Å². The van der Waals surface area contributed by atoms with Gasteiger partial charge in [0.25, 0.3) is 0 Å². The number of allylic oxidation sites excluding steroid dienone is 4. The molecule has 1 heteroatoms. The molecule has 0 aliphatic carbocycles. The number of hydrogen-bond acceptors (Lipinski definition) is 1. The Hall–Kier alpha value is -0.820. The Bertz CT molecular complexity index is 261. The average Bonchev–Trinajstić information content (AvgIpc) is 2.15. The highest BCUT2D eigenvalue weighted by Crippen LogP contribution is 2.09. The molecular weight excluding hydrogens is 208 g/mol. The molecule has 1 atom stereocenters. The van der Waals surface area contributed by atoms with Crippen molar-refractivity contribution in [3.05, 3.63) is 34.9 Å². The second-order valence-corrected chi connectivity index (χ2v) is 5.26. The van der Waals surface area contributed by atoms with Crippen molar-refractivity contribution in [2.75, 3.05) is 6.61 Å². The van der Waals surface area contributed by atoms with Crippen molar-refractivity contribution in [1.29, 1.82) is 0 Å². The van der Waals surface area contributed by atoms with Gasteiger partial charge < -0.3 is 4.74 Å². The van der Waals surface area contributed by atoms with Crippen molar-refractivity contribution in [1.82, 2.24) is 0 Å². The van der Waals surface area contributed by atoms with Gasteiger partial charge in [-0.2, -0.15) is 0 Å². The van der Waals surface area contributed by atoms with Crippen molar-refractivity contribution < 1.29 is 4.74 Å². The molecule has 0 radical (unpaired) electrons. The van der Waals surface area contributed by atoms with Gasteiger partial charge in [0.1, 0.15) is 0 Å². The summed E-state index contributed by atoms with van der Waals surface area (Å²) in [6, 6.07) is 0. The fourth-order valence-electron chi connectivity index (χ4n) is 1.46. The summed E-state index contributed by atoms with van der Waals surface area (Å²) in [6.45, 7) is 13.4. The van der Waals surface area contributed by atoms with E-state index >= 15 is 0 Å². The minimum atomic E-state index is 0.242. The molecule has 0 saturated carbocycles. The van der Waals surface area contributed by atoms with Crippen molar-refractivity contribution in [3.8, 4) is 0 Å². The molecule has 0 N–H and O–H groups in total. The molecule has 0 aliphatic heterocycles. The molecule has 0 bridgehead atoms. The maximum absolute atomic E-state index is 5.86. The lowest BCUT2D eigenvalue weighted by molar-refractivity contribution is 0.103. The fraction of sp³-hybridized carbons (Fsp3) is 0.625. The van der Waals surface area contributed by atoms with Gasteiger partial charge in [0, 0.05) is 0 Å². The topological polar surface area (TPSA) is 9.23 Å². The SMILES string of the molecule is CC(C)=CCCC(C=C(C)C)OCC=C(C)C. The summed E-state index contributed by atoms with van der Waals surface area (Å²) in [6.07, 6.45) is 9.02. The van der Waals surface area contributed by atoms with Crippen molar-refractivity contribution >= 4 is 0 Å². The highest BCUT2D eigenvalue weighted by Gasteiger charge is 2.03. The average molecular weight is 236 g/mol. The zero-order valence-corrected chi connectivity index (χ0v) is 12.3. The Labute approximate surface area is 107 Å². The third-order valence-corrected chi connectivity index (χ3v) is 2.32. The van der Waals surface area contributed by atoms with Crippen LogP contribution in [0.25, 0.3) is 0 Å². The summed E-state index contributed by atoms with van der Waals surface area (Å²) >= 11 is 0.